The van der Waals surface area contributed by atoms with Crippen molar-refractivity contribution in [3.63, 3.8) is 0 Å². The third-order valence-electron chi connectivity index (χ3n) is 22.0. The van der Waals surface area contributed by atoms with Crippen LogP contribution in [0.15, 0.2) is 71.2 Å². The quantitative estimate of drug-likeness (QED) is 0.0211. The molecule has 0 saturated carbocycles. The molecule has 42 nitrogen and oxygen atoms in total. The molecule has 9 aromatic heterocycles. The smallest absolute Gasteiger partial charge is 0.234 e. The summed E-state index contributed by atoms with van der Waals surface area (Å²) in [5.74, 6) is 5.51. The van der Waals surface area contributed by atoms with Crippen LogP contribution in [-0.4, -0.2) is 371 Å². The van der Waals surface area contributed by atoms with Crippen LogP contribution in [0, 0.1) is 0 Å². The van der Waals surface area contributed by atoms with Gasteiger partial charge < -0.3 is 83.8 Å². The van der Waals surface area contributed by atoms with Crippen LogP contribution < -0.4 is 34.9 Å². The Labute approximate surface area is 833 Å². The molecule has 0 saturated heterocycles. The predicted molar refractivity (Wildman–Crippen MR) is 551 cm³/mol. The van der Waals surface area contributed by atoms with Crippen LogP contribution in [0.3, 0.4) is 0 Å². The number of aromatic nitrogens is 23. The minimum absolute atomic E-state index is 0.00996. The van der Waals surface area contributed by atoms with Crippen LogP contribution >= 0.6 is 45.3 Å². The van der Waals surface area contributed by atoms with Gasteiger partial charge in [0.1, 0.15) is 48.2 Å². The highest BCUT2D eigenvalue weighted by Gasteiger charge is 2.25. The summed E-state index contributed by atoms with van der Waals surface area (Å²) < 4.78 is 26.2. The normalized spacial score (nSPS) is 17.3. The lowest BCUT2D eigenvalue weighted by molar-refractivity contribution is 0.0873. The van der Waals surface area contributed by atoms with E-state index in [0.717, 1.165) is 288 Å². The second-order valence-electron chi connectivity index (χ2n) is 33.9. The number of ether oxygens (including phenoxy) is 5. The van der Waals surface area contributed by atoms with E-state index in [-0.39, 0.29) is 12.7 Å². The molecule has 18 heterocycles. The molecule has 0 amide bonds. The van der Waals surface area contributed by atoms with Crippen molar-refractivity contribution in [2.24, 2.45) is 24.4 Å². The van der Waals surface area contributed by atoms with Crippen molar-refractivity contribution in [2.45, 2.75) is 151 Å². The topological polar surface area (TPSA) is 422 Å². The lowest BCUT2D eigenvalue weighted by Gasteiger charge is -2.21. The molecule has 9 aliphatic rings. The number of oxime groups is 2. The van der Waals surface area contributed by atoms with Gasteiger partial charge in [-0.2, -0.15) is 34.2 Å². The minimum Gasteiger partial charge on any atom is -0.480 e. The monoisotopic (exact) mass is 1990 g/mol. The standard InChI is InChI=1S/C15H23N3O2S.C14H21N3O2S.C12H18N2O2S.C11H16N2O2S.C9H15N5.C9H14N4.2C8H13N5.C7H11N5/c1-4-5-9-20-16-10-13-14(19-3)17-15(21-13)12-7-6-8-18(2)11-12;1-10(2)19-15-8-12-13(18-4)16-14(20-12)11-6-5-7-17(3)9-11;1-14-6-4-5-9(7-14)12-13-11(16-3)10(17-12)8-15-2;1-13-5-3-4-8(6-13)11-12-10(15-2)9(7-14)16-11;1-3-14-11-9(10-12-14)8-5-4-6-13(2)7-8;1-2-13-11-7-9(12-13)8-4-3-5-10-6-8;1-12-5-3-4-7(6-12)8-9-11-13(2)10-8;1-2-13-11-8(10-12-13)7-4-3-5-9-6-7;1-12-10-7(9-11-12)6-3-2-4-8-5-6/h7,10H,4-6,8-9,11H2,1-3H3;6,8,10H,5,7,9H2,1-4H3;5H,4,6-8H2,1-3H3;4,14H,3,5-7H2,1-2H3;5H,3-4,6-7H2,1-2H3;4,7,10H,2-3,5-6H2,1H3;4H,3,5-6H2,1-2H3;4,9H,2-3,5-6H2,1H3;3,8H,2,4-5H2,1H3/b16-10+;15-8+;;;;;;;. The number of aliphatic hydroxyl groups is 1. The Kier molecular flexibility index (Phi) is 47.4. The molecule has 0 atom stereocenters. The zero-order valence-electron chi connectivity index (χ0n) is 84.6. The molecular formula is C93H144N34O8S4. The second-order valence-corrected chi connectivity index (χ2v) is 38.2. The Balaban J connectivity index is 0.000000162. The summed E-state index contributed by atoms with van der Waals surface area (Å²) in [6.07, 6.45) is 37.0. The van der Waals surface area contributed by atoms with Gasteiger partial charge in [-0.15, -0.1) is 86.1 Å². The molecule has 0 fully saturated rings. The number of hydrogen-bond donors (Lipinski definition) is 4. The number of aliphatic hydroxyl groups excluding tert-OH is 1. The van der Waals surface area contributed by atoms with Crippen LogP contribution in [-0.2, 0) is 61.4 Å². The highest BCUT2D eigenvalue weighted by Crippen LogP contribution is 2.36. The first kappa shape index (κ1) is 110. The van der Waals surface area contributed by atoms with Crippen LogP contribution in [0.25, 0.3) is 50.2 Å². The van der Waals surface area contributed by atoms with Gasteiger partial charge in [-0.1, -0.05) is 78.3 Å². The molecular weight excluding hydrogens is 1850 g/mol. The van der Waals surface area contributed by atoms with Crippen LogP contribution in [0.4, 0.5) is 0 Å². The second kappa shape index (κ2) is 59.8. The van der Waals surface area contributed by atoms with Crippen molar-refractivity contribution in [3.8, 4) is 23.5 Å². The Morgan fingerprint density at radius 2 is 0.755 bits per heavy atom. The Bertz CT molecular complexity index is 5460. The number of aryl methyl sites for hydroxylation is 5. The van der Waals surface area contributed by atoms with Gasteiger partial charge in [0, 0.05) is 128 Å². The van der Waals surface area contributed by atoms with Gasteiger partial charge in [0.2, 0.25) is 46.8 Å². The lowest BCUT2D eigenvalue weighted by atomic mass is 10.1. The average molecular weight is 1990 g/mol. The first-order chi connectivity index (χ1) is 67.5. The molecule has 758 valence electrons. The molecule has 9 aromatic rings. The first-order valence-corrected chi connectivity index (χ1v) is 50.8. The van der Waals surface area contributed by atoms with Gasteiger partial charge in [0.05, 0.1) is 104 Å². The largest absolute Gasteiger partial charge is 0.480 e. The molecule has 9 aliphatic heterocycles. The van der Waals surface area contributed by atoms with Gasteiger partial charge in [-0.25, -0.2) is 19.9 Å². The highest BCUT2D eigenvalue weighted by molar-refractivity contribution is 7.15. The molecule has 0 bridgehead atoms. The number of thiazole rings is 4. The maximum atomic E-state index is 9.17. The van der Waals surface area contributed by atoms with Gasteiger partial charge in [0.25, 0.3) is 0 Å². The number of hydrogen-bond acceptors (Lipinski definition) is 41. The summed E-state index contributed by atoms with van der Waals surface area (Å²) in [6.45, 7) is 33.7. The van der Waals surface area contributed by atoms with E-state index in [0.29, 0.717) is 36.7 Å². The van der Waals surface area contributed by atoms with Crippen molar-refractivity contribution in [3.05, 3.63) is 129 Å². The summed E-state index contributed by atoms with van der Waals surface area (Å²) >= 11 is 6.35. The number of likely N-dealkylation sites (N-methyl/N-ethyl adjacent to an activating group) is 6. The van der Waals surface area contributed by atoms with E-state index in [9.17, 15) is 5.11 Å². The summed E-state index contributed by atoms with van der Waals surface area (Å²) in [5, 5.41) is 87.7. The molecule has 0 aromatic carbocycles. The number of unbranched alkanes of at least 4 members (excludes halogenated alkanes) is 1. The molecule has 46 heteroatoms. The molecule has 0 unspecified atom stereocenters. The van der Waals surface area contributed by atoms with Crippen molar-refractivity contribution in [1.29, 1.82) is 0 Å². The summed E-state index contributed by atoms with van der Waals surface area (Å²) in [5.41, 5.74) is 12.0. The fraction of sp³-hybridized carbons (Fsp3) is 0.591. The first-order valence-electron chi connectivity index (χ1n) is 47.6. The summed E-state index contributed by atoms with van der Waals surface area (Å²) in [4.78, 5) is 53.6. The maximum Gasteiger partial charge on any atom is 0.234 e. The Hall–Kier alpha value is -10.7. The molecule has 0 spiro atoms. The van der Waals surface area contributed by atoms with Crippen molar-refractivity contribution in [1.82, 2.24) is 161 Å². The molecule has 18 rings (SSSR count). The average Bonchev–Trinajstić information content (AvgIpc) is 1.68. The molecule has 0 radical (unpaired) electrons. The Morgan fingerprint density at radius 1 is 0.403 bits per heavy atom. The number of nitrogens with one attached hydrogen (secondary N) is 3. The molecule has 0 aliphatic carbocycles. The zero-order valence-corrected chi connectivity index (χ0v) is 87.8. The third-order valence-corrected chi connectivity index (χ3v) is 26.3. The van der Waals surface area contributed by atoms with Crippen molar-refractivity contribution < 1.29 is 38.5 Å². The maximum absolute atomic E-state index is 9.17. The van der Waals surface area contributed by atoms with Crippen LogP contribution in [0.1, 0.15) is 181 Å². The number of nitrogens with zero attached hydrogens (tertiary/aromatic N) is 31. The van der Waals surface area contributed by atoms with Crippen molar-refractivity contribution in [2.75, 3.05) is 202 Å². The van der Waals surface area contributed by atoms with E-state index >= 15 is 0 Å². The molecule has 4 N–H and O–H groups in total. The van der Waals surface area contributed by atoms with E-state index in [1.54, 1.807) is 110 Å². The number of rotatable bonds is 27. The van der Waals surface area contributed by atoms with Crippen LogP contribution in [0.2, 0.25) is 0 Å². The van der Waals surface area contributed by atoms with E-state index in [4.69, 9.17) is 33.4 Å². The van der Waals surface area contributed by atoms with Crippen LogP contribution in [0.5, 0.6) is 23.5 Å². The van der Waals surface area contributed by atoms with Gasteiger partial charge in [-0.05, 0) is 209 Å². The lowest BCUT2D eigenvalue weighted by Crippen LogP contribution is -2.25. The molecule has 139 heavy (non-hydrogen) atoms. The third kappa shape index (κ3) is 36.4. The fourth-order valence-corrected chi connectivity index (χ4v) is 18.5. The van der Waals surface area contributed by atoms with E-state index < -0.39 is 0 Å². The van der Waals surface area contributed by atoms with E-state index in [1.807, 2.05) is 40.8 Å². The van der Waals surface area contributed by atoms with Gasteiger partial charge in [0.15, 0.2) is 0 Å². The van der Waals surface area contributed by atoms with Gasteiger partial charge >= 0.3 is 0 Å². The summed E-state index contributed by atoms with van der Waals surface area (Å²) in [6, 6.07) is 0. The summed E-state index contributed by atoms with van der Waals surface area (Å²) in [7, 11) is 24.4. The SMILES string of the molecule is CCCCO/N=C/c1sc(C2=CCCN(C)C2)nc1OC.CCn1ncc(C2=CCCNC2)n1.CCn1nnc(C2=CCCN(C)C2)n1.CCn1nnc(C2=CCCNC2)n1.CN1CCC=C(c2nnn(C)n2)C1.COCc1sc(C2=CCCN(C)C2)nc1OC.COc1nc(C2=CCCN(C)C2)sc1/C=N/OC(C)C.COc1nc(C2=CCCN(C)C2)sc1CO.Cn1nnc(C2=CCCNC2)n1. The zero-order chi connectivity index (χ0) is 99.2. The van der Waals surface area contributed by atoms with Gasteiger partial charge in [-0.3, -0.25) is 0 Å². The minimum atomic E-state index is -0.00996. The predicted octanol–water partition coefficient (Wildman–Crippen LogP) is 9.70. The number of tetrazole rings is 4. The highest BCUT2D eigenvalue weighted by atomic mass is 32.1. The number of methoxy groups -OCH3 is 5. The van der Waals surface area contributed by atoms with E-state index in [2.05, 4.69) is 251 Å². The van der Waals surface area contributed by atoms with Crippen molar-refractivity contribution >= 4 is 108 Å². The fourth-order valence-electron chi connectivity index (χ4n) is 14.7. The Morgan fingerprint density at radius 3 is 1.10 bits per heavy atom. The van der Waals surface area contributed by atoms with E-state index in [1.165, 1.54) is 59.9 Å².